The van der Waals surface area contributed by atoms with Crippen molar-refractivity contribution in [2.24, 2.45) is 0 Å². The molecule has 1 aromatic carbocycles. The molecule has 0 aromatic heterocycles. The van der Waals surface area contributed by atoms with E-state index in [1.807, 2.05) is 0 Å². The summed E-state index contributed by atoms with van der Waals surface area (Å²) in [5.41, 5.74) is -0.342. The number of hydrogen-bond donors (Lipinski definition) is 0. The third-order valence-electron chi connectivity index (χ3n) is 2.37. The van der Waals surface area contributed by atoms with E-state index in [1.165, 1.54) is 6.07 Å². The van der Waals surface area contributed by atoms with Crippen molar-refractivity contribution in [2.45, 2.75) is 18.8 Å². The largest absolute Gasteiger partial charge is 1.00 e. The van der Waals surface area contributed by atoms with Crippen LogP contribution in [-0.4, -0.2) is 6.98 Å². The molecule has 1 saturated carbocycles. The summed E-state index contributed by atoms with van der Waals surface area (Å²) in [6, 6.07) is 2.83. The van der Waals surface area contributed by atoms with Gasteiger partial charge in [0.15, 0.2) is 0 Å². The van der Waals surface area contributed by atoms with Crippen molar-refractivity contribution in [1.82, 2.24) is 0 Å². The van der Waals surface area contributed by atoms with Crippen LogP contribution >= 0.6 is 0 Å². The molecule has 0 heterocycles. The van der Waals surface area contributed by atoms with E-state index in [9.17, 15) is 17.3 Å². The van der Waals surface area contributed by atoms with E-state index < -0.39 is 18.3 Å². The van der Waals surface area contributed by atoms with E-state index in [0.29, 0.717) is 11.6 Å². The molecule has 1 fully saturated rings. The van der Waals surface area contributed by atoms with Crippen LogP contribution in [0.2, 0.25) is 0 Å². The second-order valence-corrected chi connectivity index (χ2v) is 3.67. The van der Waals surface area contributed by atoms with E-state index in [1.54, 1.807) is 0 Å². The van der Waals surface area contributed by atoms with Crippen molar-refractivity contribution in [2.75, 3.05) is 0 Å². The fourth-order valence-corrected chi connectivity index (χ4v) is 1.48. The van der Waals surface area contributed by atoms with Gasteiger partial charge in [0.25, 0.3) is 0 Å². The zero-order valence-electron chi connectivity index (χ0n) is 8.31. The standard InChI is InChI=1S/C9H8BF4.K/c11-9-4-7(6-1-2-6)3-8(5-9)10(12,13)14;/h3-6H,1-2H2;/q-1;+1. The van der Waals surface area contributed by atoms with Gasteiger partial charge in [-0.25, -0.2) is 4.39 Å². The van der Waals surface area contributed by atoms with Crippen LogP contribution in [-0.2, 0) is 0 Å². The number of hydrogen-bond acceptors (Lipinski definition) is 0. The summed E-state index contributed by atoms with van der Waals surface area (Å²) < 4.78 is 49.8. The molecule has 2 rings (SSSR count). The van der Waals surface area contributed by atoms with Gasteiger partial charge in [-0.1, -0.05) is 12.1 Å². The first-order valence-electron chi connectivity index (χ1n) is 4.47. The Kier molecular flexibility index (Phi) is 4.45. The second-order valence-electron chi connectivity index (χ2n) is 3.67. The van der Waals surface area contributed by atoms with E-state index in [0.717, 1.165) is 18.9 Å². The molecule has 15 heavy (non-hydrogen) atoms. The average molecular weight is 242 g/mol. The molecule has 0 amide bonds. The molecule has 76 valence electrons. The van der Waals surface area contributed by atoms with Crippen LogP contribution in [0, 0.1) is 5.82 Å². The fraction of sp³-hybridized carbons (Fsp3) is 0.333. The minimum absolute atomic E-state index is 0. The molecule has 1 aliphatic carbocycles. The van der Waals surface area contributed by atoms with Crippen LogP contribution < -0.4 is 56.8 Å². The zero-order valence-corrected chi connectivity index (χ0v) is 11.4. The molecule has 0 atom stereocenters. The van der Waals surface area contributed by atoms with Gasteiger partial charge in [-0.2, -0.15) is 0 Å². The summed E-state index contributed by atoms with van der Waals surface area (Å²) in [5, 5.41) is 0. The van der Waals surface area contributed by atoms with Gasteiger partial charge in [0.2, 0.25) is 0 Å². The Bertz CT molecular complexity index is 360. The zero-order chi connectivity index (χ0) is 10.3. The Morgan fingerprint density at radius 3 is 2.13 bits per heavy atom. The van der Waals surface area contributed by atoms with Gasteiger partial charge in [-0.15, -0.1) is 5.46 Å². The Morgan fingerprint density at radius 2 is 1.67 bits per heavy atom. The van der Waals surface area contributed by atoms with Gasteiger partial charge in [-0.3, -0.25) is 0 Å². The van der Waals surface area contributed by atoms with E-state index >= 15 is 0 Å². The minimum atomic E-state index is -5.08. The third-order valence-corrected chi connectivity index (χ3v) is 2.37. The van der Waals surface area contributed by atoms with Crippen LogP contribution in [0.15, 0.2) is 18.2 Å². The first kappa shape index (κ1) is 13.7. The molecule has 0 bridgehead atoms. The smallest absolute Gasteiger partial charge is 0.445 e. The fourth-order valence-electron chi connectivity index (χ4n) is 1.48. The molecule has 6 heteroatoms. The molecular formula is C9H8BF4K. The Labute approximate surface area is 128 Å². The van der Waals surface area contributed by atoms with Crippen LogP contribution in [0.4, 0.5) is 17.3 Å². The molecule has 0 nitrogen and oxygen atoms in total. The number of rotatable bonds is 2. The van der Waals surface area contributed by atoms with E-state index in [-0.39, 0.29) is 57.3 Å². The third kappa shape index (κ3) is 3.56. The van der Waals surface area contributed by atoms with Crippen molar-refractivity contribution >= 4 is 12.4 Å². The monoisotopic (exact) mass is 242 g/mol. The van der Waals surface area contributed by atoms with Crippen LogP contribution in [0.1, 0.15) is 24.3 Å². The number of halogens is 4. The molecule has 0 N–H and O–H groups in total. The van der Waals surface area contributed by atoms with Crippen LogP contribution in [0.5, 0.6) is 0 Å². The van der Waals surface area contributed by atoms with Crippen LogP contribution in [0.25, 0.3) is 0 Å². The van der Waals surface area contributed by atoms with Crippen molar-refractivity contribution in [3.63, 3.8) is 0 Å². The Hall–Kier alpha value is 0.641. The molecule has 0 aliphatic heterocycles. The maximum atomic E-state index is 12.9. The summed E-state index contributed by atoms with van der Waals surface area (Å²) in [6.45, 7) is -5.08. The first-order chi connectivity index (χ1) is 6.47. The SMILES string of the molecule is Fc1cc(C2CC2)cc([B-](F)(F)F)c1.[K+]. The first-order valence-corrected chi connectivity index (χ1v) is 4.47. The Morgan fingerprint density at radius 1 is 1.07 bits per heavy atom. The number of benzene rings is 1. The maximum absolute atomic E-state index is 12.9. The van der Waals surface area contributed by atoms with Gasteiger partial charge in [0.05, 0.1) is 0 Å². The summed E-state index contributed by atoms with van der Waals surface area (Å²) in [5.74, 6) is -0.647. The summed E-state index contributed by atoms with van der Waals surface area (Å²) >= 11 is 0. The average Bonchev–Trinajstić information content (AvgIpc) is 2.83. The minimum Gasteiger partial charge on any atom is -0.445 e. The molecule has 0 saturated heterocycles. The predicted octanol–water partition coefficient (Wildman–Crippen LogP) is -0.239. The second kappa shape index (κ2) is 4.87. The molecular weight excluding hydrogens is 234 g/mol. The molecule has 1 aliphatic rings. The van der Waals surface area contributed by atoms with Crippen molar-refractivity contribution < 1.29 is 68.7 Å². The van der Waals surface area contributed by atoms with Gasteiger partial charge in [0.1, 0.15) is 5.82 Å². The van der Waals surface area contributed by atoms with Crippen molar-refractivity contribution in [1.29, 1.82) is 0 Å². The molecule has 0 spiro atoms. The molecule has 0 unspecified atom stereocenters. The topological polar surface area (TPSA) is 0 Å². The van der Waals surface area contributed by atoms with Gasteiger partial charge in [0, 0.05) is 0 Å². The van der Waals surface area contributed by atoms with Gasteiger partial charge < -0.3 is 12.9 Å². The van der Waals surface area contributed by atoms with Crippen LogP contribution in [0.3, 0.4) is 0 Å². The van der Waals surface area contributed by atoms with Gasteiger partial charge >= 0.3 is 58.4 Å². The van der Waals surface area contributed by atoms with Crippen molar-refractivity contribution in [3.8, 4) is 0 Å². The summed E-state index contributed by atoms with van der Waals surface area (Å²) in [6.07, 6.45) is 1.74. The maximum Gasteiger partial charge on any atom is 1.00 e. The van der Waals surface area contributed by atoms with Crippen molar-refractivity contribution in [3.05, 3.63) is 29.6 Å². The normalized spacial score (nSPS) is 16.0. The Balaban J connectivity index is 0.00000112. The van der Waals surface area contributed by atoms with E-state index in [4.69, 9.17) is 0 Å². The quantitative estimate of drug-likeness (QED) is 0.496. The molecule has 0 radical (unpaired) electrons. The van der Waals surface area contributed by atoms with Gasteiger partial charge in [-0.05, 0) is 30.4 Å². The van der Waals surface area contributed by atoms with E-state index in [2.05, 4.69) is 0 Å². The molecule has 1 aromatic rings. The summed E-state index contributed by atoms with van der Waals surface area (Å²) in [4.78, 5) is 0. The summed E-state index contributed by atoms with van der Waals surface area (Å²) in [7, 11) is 0. The predicted molar refractivity (Wildman–Crippen MR) is 47.1 cm³/mol.